The molecule has 2 nitrogen and oxygen atoms in total. The maximum Gasteiger partial charge on any atom is 0.132 e. The normalized spacial score (nSPS) is 17.4. The fraction of sp³-hybridized carbons (Fsp3) is 0.533. The third-order valence-electron chi connectivity index (χ3n) is 3.60. The predicted octanol–water partition coefficient (Wildman–Crippen LogP) is 3.02. The van der Waals surface area contributed by atoms with Crippen LogP contribution in [0.4, 0.5) is 4.39 Å². The van der Waals surface area contributed by atoms with Crippen LogP contribution in [0, 0.1) is 11.7 Å². The van der Waals surface area contributed by atoms with E-state index >= 15 is 0 Å². The summed E-state index contributed by atoms with van der Waals surface area (Å²) in [6.07, 6.45) is 3.53. The number of Topliss-reactive ketones (excluding diaryl/α,β-unsaturated/α-hetero) is 1. The number of nitrogens with zero attached hydrogens (tertiary/aromatic N) is 1. The number of carbonyl (C=O) groups excluding carboxylic acids is 1. The lowest BCUT2D eigenvalue weighted by molar-refractivity contribution is -0.121. The topological polar surface area (TPSA) is 20.3 Å². The lowest BCUT2D eigenvalue weighted by Crippen LogP contribution is -2.28. The van der Waals surface area contributed by atoms with Crippen LogP contribution in [0.25, 0.3) is 0 Å². The summed E-state index contributed by atoms with van der Waals surface area (Å²) in [5.41, 5.74) is 1.13. The molecule has 3 heteroatoms. The van der Waals surface area contributed by atoms with E-state index in [9.17, 15) is 9.18 Å². The number of rotatable bonds is 4. The van der Waals surface area contributed by atoms with Crippen molar-refractivity contribution in [3.8, 4) is 0 Å². The number of hydrogen-bond donors (Lipinski definition) is 0. The molecule has 1 fully saturated rings. The van der Waals surface area contributed by atoms with Crippen molar-refractivity contribution in [2.75, 3.05) is 13.6 Å². The first-order valence-corrected chi connectivity index (χ1v) is 6.58. The maximum atomic E-state index is 12.8. The zero-order valence-electron chi connectivity index (χ0n) is 10.9. The first-order chi connectivity index (χ1) is 8.63. The van der Waals surface area contributed by atoms with Gasteiger partial charge >= 0.3 is 0 Å². The van der Waals surface area contributed by atoms with Gasteiger partial charge in [-0.3, -0.25) is 4.79 Å². The Morgan fingerprint density at radius 1 is 1.22 bits per heavy atom. The summed E-state index contributed by atoms with van der Waals surface area (Å²) in [5.74, 6) is 0.854. The van der Waals surface area contributed by atoms with E-state index in [4.69, 9.17) is 0 Å². The third kappa shape index (κ3) is 3.91. The summed E-state index contributed by atoms with van der Waals surface area (Å²) in [7, 11) is 2.08. The summed E-state index contributed by atoms with van der Waals surface area (Å²) in [5, 5.41) is 0. The van der Waals surface area contributed by atoms with Crippen molar-refractivity contribution in [2.45, 2.75) is 32.2 Å². The lowest BCUT2D eigenvalue weighted by atomic mass is 9.88. The Labute approximate surface area is 108 Å². The quantitative estimate of drug-likeness (QED) is 0.817. The van der Waals surface area contributed by atoms with Gasteiger partial charge in [-0.2, -0.15) is 0 Å². The molecule has 0 aromatic heterocycles. The van der Waals surface area contributed by atoms with E-state index in [1.807, 2.05) is 12.1 Å². The zero-order valence-corrected chi connectivity index (χ0v) is 10.9. The van der Waals surface area contributed by atoms with Crippen LogP contribution >= 0.6 is 0 Å². The highest BCUT2D eigenvalue weighted by Gasteiger charge is 2.19. The Morgan fingerprint density at radius 3 is 2.44 bits per heavy atom. The number of carbonyl (C=O) groups is 1. The van der Waals surface area contributed by atoms with Crippen molar-refractivity contribution in [1.82, 2.24) is 4.90 Å². The molecule has 1 aliphatic rings. The predicted molar refractivity (Wildman–Crippen MR) is 69.7 cm³/mol. The van der Waals surface area contributed by atoms with Gasteiger partial charge in [-0.1, -0.05) is 12.1 Å². The molecule has 0 bridgehead atoms. The van der Waals surface area contributed by atoms with Crippen molar-refractivity contribution >= 4 is 5.78 Å². The van der Waals surface area contributed by atoms with Gasteiger partial charge in [0.05, 0.1) is 0 Å². The molecule has 0 radical (unpaired) electrons. The summed E-state index contributed by atoms with van der Waals surface area (Å²) in [4.78, 5) is 13.4. The highest BCUT2D eigenvalue weighted by Crippen LogP contribution is 2.22. The molecule has 0 unspecified atom stereocenters. The van der Waals surface area contributed by atoms with Crippen LogP contribution in [0.5, 0.6) is 0 Å². The Hall–Kier alpha value is -1.22. The van der Waals surface area contributed by atoms with Gasteiger partial charge < -0.3 is 4.90 Å². The van der Waals surface area contributed by atoms with Crippen molar-refractivity contribution < 1.29 is 9.18 Å². The van der Waals surface area contributed by atoms with Crippen molar-refractivity contribution in [2.24, 2.45) is 5.92 Å². The second-order valence-electron chi connectivity index (χ2n) is 5.31. The third-order valence-corrected chi connectivity index (χ3v) is 3.60. The molecule has 1 aromatic carbocycles. The maximum absolute atomic E-state index is 12.8. The number of hydrogen-bond acceptors (Lipinski definition) is 2. The van der Waals surface area contributed by atoms with E-state index < -0.39 is 0 Å². The molecule has 0 aliphatic heterocycles. The number of halogens is 1. The molecule has 1 saturated carbocycles. The molecule has 18 heavy (non-hydrogen) atoms. The van der Waals surface area contributed by atoms with Crippen LogP contribution < -0.4 is 0 Å². The minimum Gasteiger partial charge on any atom is -0.302 e. The fourth-order valence-corrected chi connectivity index (χ4v) is 2.59. The number of ketones is 1. The Bertz CT molecular complexity index is 391. The molecule has 1 aliphatic carbocycles. The summed E-state index contributed by atoms with van der Waals surface area (Å²) < 4.78 is 12.8. The van der Waals surface area contributed by atoms with Gasteiger partial charge in [-0.15, -0.1) is 0 Å². The molecule has 0 N–H and O–H groups in total. The zero-order chi connectivity index (χ0) is 13.0. The Kier molecular flexibility index (Phi) is 4.48. The van der Waals surface area contributed by atoms with Crippen LogP contribution in [-0.2, 0) is 11.3 Å². The van der Waals surface area contributed by atoms with Gasteiger partial charge in [-0.05, 0) is 43.5 Å². The molecule has 1 aromatic rings. The van der Waals surface area contributed by atoms with Gasteiger partial charge in [-0.25, -0.2) is 4.39 Å². The molecule has 0 amide bonds. The summed E-state index contributed by atoms with van der Waals surface area (Å²) in [6, 6.07) is 6.66. The molecule has 0 heterocycles. The van der Waals surface area contributed by atoms with Crippen LogP contribution in [0.15, 0.2) is 24.3 Å². The lowest BCUT2D eigenvalue weighted by Gasteiger charge is -2.26. The van der Waals surface area contributed by atoms with Gasteiger partial charge in [0, 0.05) is 25.9 Å². The Balaban J connectivity index is 1.79. The van der Waals surface area contributed by atoms with E-state index in [2.05, 4.69) is 11.9 Å². The van der Waals surface area contributed by atoms with Crippen molar-refractivity contribution in [1.29, 1.82) is 0 Å². The first kappa shape index (κ1) is 13.2. The van der Waals surface area contributed by atoms with Crippen LogP contribution in [0.1, 0.15) is 31.2 Å². The molecule has 98 valence electrons. The van der Waals surface area contributed by atoms with Crippen molar-refractivity contribution in [3.05, 3.63) is 35.6 Å². The molecular weight excluding hydrogens is 229 g/mol. The van der Waals surface area contributed by atoms with E-state index in [0.717, 1.165) is 44.3 Å². The first-order valence-electron chi connectivity index (χ1n) is 6.58. The molecular formula is C15H20FNO. The molecule has 0 saturated heterocycles. The van der Waals surface area contributed by atoms with Crippen molar-refractivity contribution in [3.63, 3.8) is 0 Å². The largest absolute Gasteiger partial charge is 0.302 e. The SMILES string of the molecule is CN(Cc1ccc(F)cc1)CC1CCC(=O)CC1. The second kappa shape index (κ2) is 6.10. The van der Waals surface area contributed by atoms with E-state index in [1.165, 1.54) is 12.1 Å². The van der Waals surface area contributed by atoms with Crippen LogP contribution in [0.2, 0.25) is 0 Å². The highest BCUT2D eigenvalue weighted by molar-refractivity contribution is 5.79. The Morgan fingerprint density at radius 2 is 1.83 bits per heavy atom. The average Bonchev–Trinajstić information content (AvgIpc) is 2.35. The number of benzene rings is 1. The smallest absolute Gasteiger partial charge is 0.132 e. The minimum absolute atomic E-state index is 0.188. The van der Waals surface area contributed by atoms with Gasteiger partial charge in [0.25, 0.3) is 0 Å². The summed E-state index contributed by atoms with van der Waals surface area (Å²) in [6.45, 7) is 1.86. The molecule has 0 spiro atoms. The van der Waals surface area contributed by atoms with Gasteiger partial charge in [0.1, 0.15) is 11.6 Å². The van der Waals surface area contributed by atoms with Gasteiger partial charge in [0.2, 0.25) is 0 Å². The standard InChI is InChI=1S/C15H20FNO/c1-17(10-12-2-6-14(16)7-3-12)11-13-4-8-15(18)9-5-13/h2-3,6-7,13H,4-5,8-11H2,1H3. The fourth-order valence-electron chi connectivity index (χ4n) is 2.59. The molecule has 0 atom stereocenters. The second-order valence-corrected chi connectivity index (χ2v) is 5.31. The monoisotopic (exact) mass is 249 g/mol. The van der Waals surface area contributed by atoms with Gasteiger partial charge in [0.15, 0.2) is 0 Å². The van der Waals surface area contributed by atoms with E-state index in [0.29, 0.717) is 11.7 Å². The molecule has 2 rings (SSSR count). The average molecular weight is 249 g/mol. The van der Waals surface area contributed by atoms with E-state index in [-0.39, 0.29) is 5.82 Å². The van der Waals surface area contributed by atoms with Crippen LogP contribution in [0.3, 0.4) is 0 Å². The summed E-state index contributed by atoms with van der Waals surface area (Å²) >= 11 is 0. The van der Waals surface area contributed by atoms with Crippen LogP contribution in [-0.4, -0.2) is 24.3 Å². The van der Waals surface area contributed by atoms with E-state index in [1.54, 1.807) is 0 Å². The minimum atomic E-state index is -0.188. The highest BCUT2D eigenvalue weighted by atomic mass is 19.1.